The van der Waals surface area contributed by atoms with Gasteiger partial charge in [0.05, 0.1) is 23.5 Å². The minimum Gasteiger partial charge on any atom is -0.415 e. The molecule has 0 aliphatic carbocycles. The summed E-state index contributed by atoms with van der Waals surface area (Å²) in [5.74, 6) is -0.680. The molecule has 3 aromatic heterocycles. The Morgan fingerprint density at radius 2 is 2.04 bits per heavy atom. The fraction of sp³-hybridized carbons (Fsp3) is 0.357. The van der Waals surface area contributed by atoms with Crippen molar-refractivity contribution < 1.29 is 13.2 Å². The second-order valence-corrected chi connectivity index (χ2v) is 4.94. The maximum Gasteiger partial charge on any atom is 0.314 e. The van der Waals surface area contributed by atoms with E-state index in [0.717, 1.165) is 24.2 Å². The third-order valence-electron chi connectivity index (χ3n) is 3.12. The minimum absolute atomic E-state index is 0.0188. The van der Waals surface area contributed by atoms with Gasteiger partial charge in [0.25, 0.3) is 5.89 Å². The van der Waals surface area contributed by atoms with E-state index in [9.17, 15) is 8.78 Å². The molecule has 0 aliphatic heterocycles. The van der Waals surface area contributed by atoms with Crippen LogP contribution in [0.4, 0.5) is 8.78 Å². The highest BCUT2D eigenvalue weighted by atomic mass is 19.3. The molecule has 0 spiro atoms. The summed E-state index contributed by atoms with van der Waals surface area (Å²) in [5.41, 5.74) is 2.18. The van der Waals surface area contributed by atoms with Crippen molar-refractivity contribution in [3.8, 4) is 11.5 Å². The number of halogens is 2. The summed E-state index contributed by atoms with van der Waals surface area (Å²) >= 11 is 0. The van der Waals surface area contributed by atoms with Gasteiger partial charge in [0.15, 0.2) is 0 Å². The molecule has 7 nitrogen and oxygen atoms in total. The summed E-state index contributed by atoms with van der Waals surface area (Å²) < 4.78 is 31.4. The standard InChI is InChI=1S/C14H14F2N6O/c1-2-3-11-8-22(21-18-11)7-10-5-4-9(6-17-10)13-19-20-14(23-13)12(15)16/h4-6,8,12H,2-3,7H2,1H3. The minimum atomic E-state index is -2.78. The molecular weight excluding hydrogens is 306 g/mol. The molecule has 0 aliphatic rings. The zero-order chi connectivity index (χ0) is 16.2. The SMILES string of the molecule is CCCc1cn(Cc2ccc(-c3nnc(C(F)F)o3)cn2)nn1. The average molecular weight is 320 g/mol. The Morgan fingerprint density at radius 3 is 2.70 bits per heavy atom. The number of hydrogen-bond donors (Lipinski definition) is 0. The molecule has 0 bridgehead atoms. The first-order valence-corrected chi connectivity index (χ1v) is 7.11. The number of hydrogen-bond acceptors (Lipinski definition) is 6. The van der Waals surface area contributed by atoms with Crippen molar-refractivity contribution in [3.05, 3.63) is 41.8 Å². The van der Waals surface area contributed by atoms with Gasteiger partial charge in [-0.25, -0.2) is 4.68 Å². The van der Waals surface area contributed by atoms with Gasteiger partial charge in [-0.2, -0.15) is 8.78 Å². The Hall–Kier alpha value is -2.71. The van der Waals surface area contributed by atoms with E-state index in [1.54, 1.807) is 16.8 Å². The average Bonchev–Trinajstić information content (AvgIpc) is 3.18. The van der Waals surface area contributed by atoms with E-state index in [1.807, 2.05) is 6.20 Å². The Balaban J connectivity index is 1.70. The van der Waals surface area contributed by atoms with Crippen LogP contribution < -0.4 is 0 Å². The van der Waals surface area contributed by atoms with E-state index in [0.29, 0.717) is 12.1 Å². The van der Waals surface area contributed by atoms with Crippen molar-refractivity contribution in [2.45, 2.75) is 32.7 Å². The highest BCUT2D eigenvalue weighted by molar-refractivity contribution is 5.50. The molecule has 0 saturated carbocycles. The zero-order valence-electron chi connectivity index (χ0n) is 12.4. The molecule has 0 N–H and O–H groups in total. The van der Waals surface area contributed by atoms with Crippen molar-refractivity contribution >= 4 is 0 Å². The summed E-state index contributed by atoms with van der Waals surface area (Å²) in [6.07, 6.45) is 2.49. The Labute approximate surface area is 130 Å². The van der Waals surface area contributed by atoms with Crippen LogP contribution in [0.1, 0.15) is 37.0 Å². The Kier molecular flexibility index (Phi) is 4.35. The van der Waals surface area contributed by atoms with Crippen LogP contribution in [-0.4, -0.2) is 30.2 Å². The highest BCUT2D eigenvalue weighted by Crippen LogP contribution is 2.22. The summed E-state index contributed by atoms with van der Waals surface area (Å²) in [6.45, 7) is 2.55. The van der Waals surface area contributed by atoms with Crippen LogP contribution in [0.2, 0.25) is 0 Å². The normalized spacial score (nSPS) is 11.3. The molecular formula is C14H14F2N6O. The van der Waals surface area contributed by atoms with Crippen molar-refractivity contribution in [2.75, 3.05) is 0 Å². The van der Waals surface area contributed by atoms with Crippen molar-refractivity contribution in [1.29, 1.82) is 0 Å². The van der Waals surface area contributed by atoms with E-state index in [1.165, 1.54) is 6.20 Å². The van der Waals surface area contributed by atoms with Gasteiger partial charge in [-0.1, -0.05) is 18.6 Å². The van der Waals surface area contributed by atoms with Gasteiger partial charge in [-0.05, 0) is 18.6 Å². The van der Waals surface area contributed by atoms with Gasteiger partial charge >= 0.3 is 6.43 Å². The Bertz CT molecular complexity index is 768. The fourth-order valence-corrected chi connectivity index (χ4v) is 2.04. The number of rotatable bonds is 6. The largest absolute Gasteiger partial charge is 0.415 e. The first-order valence-electron chi connectivity index (χ1n) is 7.11. The summed E-state index contributed by atoms with van der Waals surface area (Å²) in [5, 5.41) is 15.0. The molecule has 23 heavy (non-hydrogen) atoms. The number of aryl methyl sites for hydroxylation is 1. The van der Waals surface area contributed by atoms with E-state index >= 15 is 0 Å². The van der Waals surface area contributed by atoms with Crippen LogP contribution in [0.15, 0.2) is 28.9 Å². The summed E-state index contributed by atoms with van der Waals surface area (Å²) in [6, 6.07) is 3.44. The molecule has 3 heterocycles. The van der Waals surface area contributed by atoms with Crippen LogP contribution in [0.5, 0.6) is 0 Å². The van der Waals surface area contributed by atoms with Gasteiger partial charge in [-0.3, -0.25) is 4.98 Å². The smallest absolute Gasteiger partial charge is 0.314 e. The van der Waals surface area contributed by atoms with Crippen LogP contribution in [0.25, 0.3) is 11.5 Å². The van der Waals surface area contributed by atoms with Crippen LogP contribution in [0, 0.1) is 0 Å². The molecule has 0 unspecified atom stereocenters. The first-order chi connectivity index (χ1) is 11.2. The number of pyridine rings is 1. The van der Waals surface area contributed by atoms with E-state index in [4.69, 9.17) is 4.42 Å². The van der Waals surface area contributed by atoms with Gasteiger partial charge in [-0.15, -0.1) is 15.3 Å². The molecule has 0 radical (unpaired) electrons. The monoisotopic (exact) mass is 320 g/mol. The van der Waals surface area contributed by atoms with Gasteiger partial charge in [0.1, 0.15) is 0 Å². The van der Waals surface area contributed by atoms with E-state index in [2.05, 4.69) is 32.4 Å². The number of nitrogens with zero attached hydrogens (tertiary/aromatic N) is 6. The van der Waals surface area contributed by atoms with Gasteiger partial charge in [0.2, 0.25) is 5.89 Å². The molecule has 9 heteroatoms. The molecule has 120 valence electrons. The quantitative estimate of drug-likeness (QED) is 0.694. The van der Waals surface area contributed by atoms with Gasteiger partial charge in [0, 0.05) is 12.4 Å². The third-order valence-corrected chi connectivity index (χ3v) is 3.12. The van der Waals surface area contributed by atoms with E-state index < -0.39 is 12.3 Å². The number of aromatic nitrogens is 6. The Morgan fingerprint density at radius 1 is 1.17 bits per heavy atom. The second-order valence-electron chi connectivity index (χ2n) is 4.94. The number of alkyl halides is 2. The second kappa shape index (κ2) is 6.59. The molecule has 0 amide bonds. The van der Waals surface area contributed by atoms with Crippen LogP contribution in [0.3, 0.4) is 0 Å². The van der Waals surface area contributed by atoms with Crippen molar-refractivity contribution in [3.63, 3.8) is 0 Å². The van der Waals surface area contributed by atoms with Crippen molar-refractivity contribution in [2.24, 2.45) is 0 Å². The molecule has 3 aromatic rings. The lowest BCUT2D eigenvalue weighted by Gasteiger charge is -2.01. The first kappa shape index (κ1) is 15.2. The maximum absolute atomic E-state index is 12.4. The lowest BCUT2D eigenvalue weighted by molar-refractivity contribution is 0.116. The molecule has 0 aromatic carbocycles. The van der Waals surface area contributed by atoms with Crippen molar-refractivity contribution in [1.82, 2.24) is 30.2 Å². The summed E-state index contributed by atoms with van der Waals surface area (Å²) in [4.78, 5) is 4.26. The fourth-order valence-electron chi connectivity index (χ4n) is 2.04. The highest BCUT2D eigenvalue weighted by Gasteiger charge is 2.17. The van der Waals surface area contributed by atoms with Gasteiger partial charge < -0.3 is 4.42 Å². The van der Waals surface area contributed by atoms with Crippen LogP contribution >= 0.6 is 0 Å². The maximum atomic E-state index is 12.4. The third kappa shape index (κ3) is 3.55. The lowest BCUT2D eigenvalue weighted by atomic mass is 10.2. The molecule has 0 saturated heterocycles. The van der Waals surface area contributed by atoms with Crippen LogP contribution in [-0.2, 0) is 13.0 Å². The lowest BCUT2D eigenvalue weighted by Crippen LogP contribution is -2.02. The molecule has 0 atom stereocenters. The zero-order valence-corrected chi connectivity index (χ0v) is 12.4. The van der Waals surface area contributed by atoms with E-state index in [-0.39, 0.29) is 5.89 Å². The summed E-state index contributed by atoms with van der Waals surface area (Å²) in [7, 11) is 0. The predicted octanol–water partition coefficient (Wildman–Crippen LogP) is 2.66. The molecule has 0 fully saturated rings. The topological polar surface area (TPSA) is 82.5 Å². The molecule has 3 rings (SSSR count). The predicted molar refractivity (Wildman–Crippen MR) is 75.6 cm³/mol.